The predicted octanol–water partition coefficient (Wildman–Crippen LogP) is -0.281. The molecule has 98 valence electrons. The third-order valence-electron chi connectivity index (χ3n) is 2.43. The van der Waals surface area contributed by atoms with Crippen LogP contribution in [0.4, 0.5) is 0 Å². The highest BCUT2D eigenvalue weighted by Gasteiger charge is 2.18. The van der Waals surface area contributed by atoms with Gasteiger partial charge in [-0.2, -0.15) is 5.10 Å². The Morgan fingerprint density at radius 3 is 2.76 bits per heavy atom. The molecule has 0 saturated heterocycles. The molecule has 7 heteroatoms. The minimum Gasteiger partial charge on any atom is -0.318 e. The van der Waals surface area contributed by atoms with Crippen molar-refractivity contribution in [3.8, 4) is 0 Å². The molecule has 1 aromatic rings. The molecule has 1 unspecified atom stereocenters. The van der Waals surface area contributed by atoms with Gasteiger partial charge in [0, 0.05) is 19.3 Å². The maximum absolute atomic E-state index is 11.7. The molecule has 1 aromatic heterocycles. The molecular weight excluding hydrogens is 240 g/mol. The van der Waals surface area contributed by atoms with Crippen LogP contribution in [0, 0.1) is 6.92 Å². The lowest BCUT2D eigenvalue weighted by molar-refractivity contribution is 0.547. The summed E-state index contributed by atoms with van der Waals surface area (Å²) in [5.41, 5.74) is 1.07. The predicted molar refractivity (Wildman–Crippen MR) is 67.3 cm³/mol. The molecule has 0 aliphatic carbocycles. The van der Waals surface area contributed by atoms with Crippen LogP contribution in [0.2, 0.25) is 0 Å². The van der Waals surface area contributed by atoms with E-state index >= 15 is 0 Å². The largest absolute Gasteiger partial charge is 0.318 e. The van der Waals surface area contributed by atoms with Gasteiger partial charge >= 0.3 is 0 Å². The van der Waals surface area contributed by atoms with Crippen LogP contribution in [0.1, 0.15) is 12.5 Å². The van der Waals surface area contributed by atoms with Gasteiger partial charge in [0.15, 0.2) is 0 Å². The maximum Gasteiger partial charge on any atom is 0.215 e. The Kier molecular flexibility index (Phi) is 5.10. The minimum absolute atomic E-state index is 0.359. The van der Waals surface area contributed by atoms with Crippen molar-refractivity contribution in [2.24, 2.45) is 0 Å². The first-order valence-corrected chi connectivity index (χ1v) is 7.12. The van der Waals surface area contributed by atoms with E-state index in [1.807, 2.05) is 13.1 Å². The van der Waals surface area contributed by atoms with Gasteiger partial charge in [-0.15, -0.1) is 0 Å². The molecule has 0 saturated carbocycles. The molecule has 0 bridgehead atoms. The Bertz CT molecular complexity index is 441. The molecule has 0 aliphatic rings. The number of aromatic nitrogens is 2. The zero-order chi connectivity index (χ0) is 12.9. The fourth-order valence-corrected chi connectivity index (χ4v) is 2.48. The first-order valence-electron chi connectivity index (χ1n) is 5.58. The van der Waals surface area contributed by atoms with Crippen molar-refractivity contribution in [1.82, 2.24) is 19.8 Å². The zero-order valence-corrected chi connectivity index (χ0v) is 11.3. The molecule has 0 spiro atoms. The molecule has 17 heavy (non-hydrogen) atoms. The number of aryl methyl sites for hydroxylation is 1. The van der Waals surface area contributed by atoms with Crippen molar-refractivity contribution in [2.45, 2.75) is 25.6 Å². The molecule has 0 amide bonds. The Labute approximate surface area is 102 Å². The Morgan fingerprint density at radius 1 is 1.53 bits per heavy atom. The van der Waals surface area contributed by atoms with Gasteiger partial charge in [0.1, 0.15) is 0 Å². The van der Waals surface area contributed by atoms with E-state index in [0.717, 1.165) is 5.56 Å². The van der Waals surface area contributed by atoms with Gasteiger partial charge in [-0.1, -0.05) is 0 Å². The minimum atomic E-state index is -3.24. The highest BCUT2D eigenvalue weighted by atomic mass is 32.2. The molecule has 1 heterocycles. The van der Waals surface area contributed by atoms with E-state index < -0.39 is 15.3 Å². The summed E-state index contributed by atoms with van der Waals surface area (Å²) in [6.07, 6.45) is 3.63. The van der Waals surface area contributed by atoms with E-state index in [4.69, 9.17) is 0 Å². The van der Waals surface area contributed by atoms with Gasteiger partial charge < -0.3 is 5.32 Å². The number of nitrogens with zero attached hydrogens (tertiary/aromatic N) is 2. The van der Waals surface area contributed by atoms with Crippen LogP contribution in [-0.2, 0) is 16.6 Å². The maximum atomic E-state index is 11.7. The lowest BCUT2D eigenvalue weighted by Gasteiger charge is -2.13. The monoisotopic (exact) mass is 260 g/mol. The van der Waals surface area contributed by atoms with E-state index in [1.165, 1.54) is 0 Å². The summed E-state index contributed by atoms with van der Waals surface area (Å²) in [6, 6.07) is 0. The Morgan fingerprint density at radius 2 is 2.24 bits per heavy atom. The van der Waals surface area contributed by atoms with E-state index in [9.17, 15) is 8.42 Å². The second-order valence-electron chi connectivity index (χ2n) is 4.09. The molecule has 0 radical (unpaired) electrons. The lowest BCUT2D eigenvalue weighted by atomic mass is 10.4. The summed E-state index contributed by atoms with van der Waals surface area (Å²) in [4.78, 5) is 0. The van der Waals surface area contributed by atoms with Crippen molar-refractivity contribution in [3.05, 3.63) is 18.0 Å². The highest BCUT2D eigenvalue weighted by Crippen LogP contribution is 1.97. The second-order valence-corrected chi connectivity index (χ2v) is 6.27. The standard InChI is InChI=1S/C10H20N4O2S/c1-9-6-12-14(8-9)5-4-13-17(15,16)10(2)7-11-3/h6,8,10-11,13H,4-5,7H2,1-3H3. The molecule has 0 fully saturated rings. The molecule has 0 aliphatic heterocycles. The number of hydrogen-bond donors (Lipinski definition) is 2. The smallest absolute Gasteiger partial charge is 0.215 e. The first kappa shape index (κ1) is 14.1. The second kappa shape index (κ2) is 6.13. The Hall–Kier alpha value is -0.920. The SMILES string of the molecule is CNCC(C)S(=O)(=O)NCCn1cc(C)cn1. The number of sulfonamides is 1. The summed E-state index contributed by atoms with van der Waals surface area (Å²) < 4.78 is 27.8. The summed E-state index contributed by atoms with van der Waals surface area (Å²) in [5.74, 6) is 0. The molecule has 0 aromatic carbocycles. The van der Waals surface area contributed by atoms with Gasteiger partial charge in [-0.25, -0.2) is 13.1 Å². The number of hydrogen-bond acceptors (Lipinski definition) is 4. The quantitative estimate of drug-likeness (QED) is 0.707. The fourth-order valence-electron chi connectivity index (χ4n) is 1.43. The summed E-state index contributed by atoms with van der Waals surface area (Å²) in [7, 11) is -1.50. The summed E-state index contributed by atoms with van der Waals surface area (Å²) >= 11 is 0. The van der Waals surface area contributed by atoms with Gasteiger partial charge in [0.25, 0.3) is 0 Å². The number of nitrogens with one attached hydrogen (secondary N) is 2. The average Bonchev–Trinajstić information content (AvgIpc) is 2.64. The van der Waals surface area contributed by atoms with Crippen LogP contribution in [0.25, 0.3) is 0 Å². The topological polar surface area (TPSA) is 76.0 Å². The molecule has 6 nitrogen and oxygen atoms in total. The van der Waals surface area contributed by atoms with E-state index in [2.05, 4.69) is 15.1 Å². The van der Waals surface area contributed by atoms with Crippen molar-refractivity contribution >= 4 is 10.0 Å². The third kappa shape index (κ3) is 4.45. The van der Waals surface area contributed by atoms with Crippen LogP contribution in [0.15, 0.2) is 12.4 Å². The summed E-state index contributed by atoms with van der Waals surface area (Å²) in [5, 5.41) is 6.50. The first-order chi connectivity index (χ1) is 7.95. The van der Waals surface area contributed by atoms with Gasteiger partial charge in [0.05, 0.1) is 18.0 Å². The highest BCUT2D eigenvalue weighted by molar-refractivity contribution is 7.90. The van der Waals surface area contributed by atoms with Gasteiger partial charge in [-0.05, 0) is 26.5 Å². The van der Waals surface area contributed by atoms with Crippen LogP contribution in [0.3, 0.4) is 0 Å². The van der Waals surface area contributed by atoms with Crippen molar-refractivity contribution in [3.63, 3.8) is 0 Å². The van der Waals surface area contributed by atoms with Gasteiger partial charge in [0.2, 0.25) is 10.0 Å². The normalized spacial score (nSPS) is 13.8. The lowest BCUT2D eigenvalue weighted by Crippen LogP contribution is -2.39. The van der Waals surface area contributed by atoms with Gasteiger partial charge in [-0.3, -0.25) is 4.68 Å². The van der Waals surface area contributed by atoms with Crippen LogP contribution >= 0.6 is 0 Å². The van der Waals surface area contributed by atoms with E-state index in [-0.39, 0.29) is 0 Å². The fraction of sp³-hybridized carbons (Fsp3) is 0.700. The summed E-state index contributed by atoms with van der Waals surface area (Å²) in [6.45, 7) is 4.96. The average molecular weight is 260 g/mol. The van der Waals surface area contributed by atoms with E-state index in [0.29, 0.717) is 19.6 Å². The Balaban J connectivity index is 2.40. The molecule has 1 rings (SSSR count). The molecule has 2 N–H and O–H groups in total. The molecular formula is C10H20N4O2S. The van der Waals surface area contributed by atoms with Crippen molar-refractivity contribution < 1.29 is 8.42 Å². The zero-order valence-electron chi connectivity index (χ0n) is 10.5. The van der Waals surface area contributed by atoms with Crippen molar-refractivity contribution in [2.75, 3.05) is 20.1 Å². The van der Waals surface area contributed by atoms with Crippen LogP contribution in [0.5, 0.6) is 0 Å². The number of rotatable bonds is 7. The molecule has 1 atom stereocenters. The van der Waals surface area contributed by atoms with E-state index in [1.54, 1.807) is 24.9 Å². The van der Waals surface area contributed by atoms with Crippen molar-refractivity contribution in [1.29, 1.82) is 0 Å². The third-order valence-corrected chi connectivity index (χ3v) is 4.26. The van der Waals surface area contributed by atoms with Crippen LogP contribution in [-0.4, -0.2) is 43.6 Å². The van der Waals surface area contributed by atoms with Crippen LogP contribution < -0.4 is 10.0 Å².